The molecule has 2 heteroatoms. The van der Waals surface area contributed by atoms with Gasteiger partial charge in [-0.25, -0.2) is 0 Å². The summed E-state index contributed by atoms with van der Waals surface area (Å²) in [6, 6.07) is 0. The highest BCUT2D eigenvalue weighted by Gasteiger charge is 2.37. The van der Waals surface area contributed by atoms with Crippen molar-refractivity contribution in [3.05, 3.63) is 0 Å². The van der Waals surface area contributed by atoms with Crippen LogP contribution in [0, 0.1) is 5.92 Å². The fourth-order valence-electron chi connectivity index (χ4n) is 1.92. The average Bonchev–Trinajstić information content (AvgIpc) is 1.92. The van der Waals surface area contributed by atoms with E-state index >= 15 is 0 Å². The van der Waals surface area contributed by atoms with Gasteiger partial charge in [-0.05, 0) is 12.8 Å². The summed E-state index contributed by atoms with van der Waals surface area (Å²) in [5.41, 5.74) is 0. The minimum Gasteiger partial charge on any atom is -0.377 e. The lowest BCUT2D eigenvalue weighted by molar-refractivity contribution is -0.157. The van der Waals surface area contributed by atoms with E-state index in [0.29, 0.717) is 18.5 Å². The fourth-order valence-corrected chi connectivity index (χ4v) is 1.92. The molecule has 1 saturated heterocycles. The van der Waals surface area contributed by atoms with E-state index in [-0.39, 0.29) is 5.92 Å². The molecular formula is C9H14O2. The molecule has 0 aromatic rings. The molecule has 0 bridgehead atoms. The predicted octanol–water partition coefficient (Wildman–Crippen LogP) is 1.53. The molecule has 2 nitrogen and oxygen atoms in total. The average molecular weight is 154 g/mol. The summed E-state index contributed by atoms with van der Waals surface area (Å²) in [5, 5.41) is 0. The molecule has 0 N–H and O–H groups in total. The first-order valence-corrected chi connectivity index (χ1v) is 4.52. The predicted molar refractivity (Wildman–Crippen MR) is 41.3 cm³/mol. The second-order valence-corrected chi connectivity index (χ2v) is 3.54. The molecule has 1 aliphatic heterocycles. The summed E-state index contributed by atoms with van der Waals surface area (Å²) in [5.74, 6) is 0.719. The van der Waals surface area contributed by atoms with Gasteiger partial charge in [0, 0.05) is 6.42 Å². The number of ether oxygens (including phenoxy) is 1. The molecule has 2 aliphatic rings. The smallest absolute Gasteiger partial charge is 0.140 e. The number of carbonyl (C=O) groups is 1. The Kier molecular flexibility index (Phi) is 1.95. The molecular weight excluding hydrogens is 140 g/mol. The monoisotopic (exact) mass is 154 g/mol. The van der Waals surface area contributed by atoms with Crippen LogP contribution in [0.4, 0.5) is 0 Å². The Labute approximate surface area is 66.9 Å². The Morgan fingerprint density at radius 3 is 2.91 bits per heavy atom. The molecule has 2 unspecified atom stereocenters. The third kappa shape index (κ3) is 1.32. The lowest BCUT2D eigenvalue weighted by Crippen LogP contribution is -2.45. The zero-order valence-corrected chi connectivity index (χ0v) is 6.71. The van der Waals surface area contributed by atoms with E-state index in [0.717, 1.165) is 19.3 Å². The molecule has 1 saturated carbocycles. The lowest BCUT2D eigenvalue weighted by atomic mass is 9.85. The quantitative estimate of drug-likeness (QED) is 0.529. The number of fused-ring (bicyclic) bond motifs is 1. The van der Waals surface area contributed by atoms with E-state index in [9.17, 15) is 4.79 Å². The lowest BCUT2D eigenvalue weighted by Gasteiger charge is -2.37. The molecule has 1 heterocycles. The van der Waals surface area contributed by atoms with Gasteiger partial charge in [-0.15, -0.1) is 0 Å². The van der Waals surface area contributed by atoms with Crippen LogP contribution >= 0.6 is 0 Å². The molecule has 62 valence electrons. The molecule has 2 atom stereocenters. The second kappa shape index (κ2) is 2.94. The maximum atomic E-state index is 11.3. The molecule has 0 spiro atoms. The zero-order valence-electron chi connectivity index (χ0n) is 6.71. The minimum absolute atomic E-state index is 0.273. The summed E-state index contributed by atoms with van der Waals surface area (Å²) >= 11 is 0. The molecule has 0 aromatic carbocycles. The van der Waals surface area contributed by atoms with Crippen LogP contribution in [0.25, 0.3) is 0 Å². The summed E-state index contributed by atoms with van der Waals surface area (Å²) in [4.78, 5) is 11.3. The Morgan fingerprint density at radius 2 is 2.18 bits per heavy atom. The Balaban J connectivity index is 1.97. The van der Waals surface area contributed by atoms with Gasteiger partial charge in [0.25, 0.3) is 0 Å². The number of carbonyl (C=O) groups excluding carboxylic acids is 1. The summed E-state index contributed by atoms with van der Waals surface area (Å²) in [7, 11) is 0. The van der Waals surface area contributed by atoms with Crippen molar-refractivity contribution in [1.29, 1.82) is 0 Å². The van der Waals surface area contributed by atoms with Crippen molar-refractivity contribution >= 4 is 5.78 Å². The first kappa shape index (κ1) is 7.29. The molecule has 11 heavy (non-hydrogen) atoms. The Morgan fingerprint density at radius 1 is 1.27 bits per heavy atom. The van der Waals surface area contributed by atoms with E-state index in [2.05, 4.69) is 0 Å². The SMILES string of the molecule is O=C1CCCCCC2OCC12. The highest BCUT2D eigenvalue weighted by atomic mass is 16.5. The van der Waals surface area contributed by atoms with Gasteiger partial charge in [-0.1, -0.05) is 12.8 Å². The number of ketones is 1. The van der Waals surface area contributed by atoms with Crippen LogP contribution < -0.4 is 0 Å². The van der Waals surface area contributed by atoms with Crippen molar-refractivity contribution in [3.8, 4) is 0 Å². The van der Waals surface area contributed by atoms with Crippen LogP contribution in [0.1, 0.15) is 32.1 Å². The maximum Gasteiger partial charge on any atom is 0.140 e. The highest BCUT2D eigenvalue weighted by Crippen LogP contribution is 2.29. The number of Topliss-reactive ketones (excluding diaryl/α,β-unsaturated/α-hetero) is 1. The van der Waals surface area contributed by atoms with Crippen LogP contribution in [-0.4, -0.2) is 18.5 Å². The van der Waals surface area contributed by atoms with E-state index in [1.807, 2.05) is 0 Å². The highest BCUT2D eigenvalue weighted by molar-refractivity contribution is 5.82. The number of hydrogen-bond donors (Lipinski definition) is 0. The van der Waals surface area contributed by atoms with Gasteiger partial charge in [-0.2, -0.15) is 0 Å². The van der Waals surface area contributed by atoms with Gasteiger partial charge in [0.15, 0.2) is 0 Å². The number of rotatable bonds is 0. The van der Waals surface area contributed by atoms with E-state index in [1.54, 1.807) is 0 Å². The van der Waals surface area contributed by atoms with Crippen molar-refractivity contribution in [3.63, 3.8) is 0 Å². The van der Waals surface area contributed by atoms with E-state index < -0.39 is 0 Å². The van der Waals surface area contributed by atoms with Gasteiger partial charge in [0.2, 0.25) is 0 Å². The van der Waals surface area contributed by atoms with Crippen LogP contribution in [0.5, 0.6) is 0 Å². The molecule has 2 fully saturated rings. The fraction of sp³-hybridized carbons (Fsp3) is 0.889. The van der Waals surface area contributed by atoms with Gasteiger partial charge in [-0.3, -0.25) is 4.79 Å². The van der Waals surface area contributed by atoms with Gasteiger partial charge < -0.3 is 4.74 Å². The molecule has 0 amide bonds. The normalized spacial score (nSPS) is 38.4. The number of hydrogen-bond acceptors (Lipinski definition) is 2. The standard InChI is InChI=1S/C9H14O2/c10-8-4-2-1-3-5-9-7(8)6-11-9/h7,9H,1-6H2. The summed E-state index contributed by atoms with van der Waals surface area (Å²) in [6.45, 7) is 0.698. The minimum atomic E-state index is 0.273. The maximum absolute atomic E-state index is 11.3. The van der Waals surface area contributed by atoms with Crippen LogP contribution in [0.3, 0.4) is 0 Å². The molecule has 2 rings (SSSR count). The summed E-state index contributed by atoms with van der Waals surface area (Å²) < 4.78 is 5.32. The molecule has 1 aliphatic carbocycles. The van der Waals surface area contributed by atoms with Crippen LogP contribution in [0.2, 0.25) is 0 Å². The van der Waals surface area contributed by atoms with Gasteiger partial charge >= 0.3 is 0 Å². The van der Waals surface area contributed by atoms with Gasteiger partial charge in [0.05, 0.1) is 18.6 Å². The third-order valence-corrected chi connectivity index (χ3v) is 2.76. The van der Waals surface area contributed by atoms with E-state index in [4.69, 9.17) is 4.74 Å². The second-order valence-electron chi connectivity index (χ2n) is 3.54. The van der Waals surface area contributed by atoms with Crippen LogP contribution in [-0.2, 0) is 9.53 Å². The zero-order chi connectivity index (χ0) is 7.68. The van der Waals surface area contributed by atoms with Crippen molar-refractivity contribution in [2.45, 2.75) is 38.2 Å². The van der Waals surface area contributed by atoms with Crippen molar-refractivity contribution in [2.24, 2.45) is 5.92 Å². The third-order valence-electron chi connectivity index (χ3n) is 2.76. The first-order chi connectivity index (χ1) is 5.38. The summed E-state index contributed by atoms with van der Waals surface area (Å²) in [6.07, 6.45) is 5.75. The molecule has 0 radical (unpaired) electrons. The van der Waals surface area contributed by atoms with E-state index in [1.165, 1.54) is 12.8 Å². The van der Waals surface area contributed by atoms with Gasteiger partial charge in [0.1, 0.15) is 5.78 Å². The largest absolute Gasteiger partial charge is 0.377 e. The van der Waals surface area contributed by atoms with Crippen molar-refractivity contribution in [1.82, 2.24) is 0 Å². The van der Waals surface area contributed by atoms with Crippen LogP contribution in [0.15, 0.2) is 0 Å². The Bertz CT molecular complexity index is 165. The van der Waals surface area contributed by atoms with Crippen molar-refractivity contribution < 1.29 is 9.53 Å². The van der Waals surface area contributed by atoms with Crippen molar-refractivity contribution in [2.75, 3.05) is 6.61 Å². The Hall–Kier alpha value is -0.370. The topological polar surface area (TPSA) is 26.3 Å². The first-order valence-electron chi connectivity index (χ1n) is 4.52. The molecule has 0 aromatic heterocycles.